The minimum absolute atomic E-state index is 0.125. The van der Waals surface area contributed by atoms with Crippen LogP contribution in [0.5, 0.6) is 0 Å². The van der Waals surface area contributed by atoms with Crippen molar-refractivity contribution in [3.63, 3.8) is 0 Å². The number of piperazine rings is 1. The number of fused-ring (bicyclic) bond motifs is 2. The van der Waals surface area contributed by atoms with Crippen LogP contribution in [-0.2, 0) is 13.6 Å². The molecule has 10 heteroatoms. The first-order valence-corrected chi connectivity index (χ1v) is 11.6. The minimum Gasteiger partial charge on any atom is -0.340 e. The number of hydrogen-bond acceptors (Lipinski definition) is 8. The van der Waals surface area contributed by atoms with E-state index in [0.717, 1.165) is 46.7 Å². The van der Waals surface area contributed by atoms with Gasteiger partial charge < -0.3 is 10.2 Å². The number of benzene rings is 1. The zero-order chi connectivity index (χ0) is 21.4. The summed E-state index contributed by atoms with van der Waals surface area (Å²) in [6.07, 6.45) is 0. The molecule has 0 aliphatic carbocycles. The molecule has 1 saturated heterocycles. The Kier molecular flexibility index (Phi) is 5.40. The van der Waals surface area contributed by atoms with E-state index in [2.05, 4.69) is 27.0 Å². The number of imidazole rings is 1. The maximum absolute atomic E-state index is 13.3. The second-order valence-corrected chi connectivity index (χ2v) is 9.39. The maximum Gasteiger partial charge on any atom is 0.280 e. The van der Waals surface area contributed by atoms with Crippen molar-refractivity contribution in [2.24, 2.45) is 7.05 Å². The van der Waals surface area contributed by atoms with Crippen LogP contribution in [0.4, 0.5) is 5.95 Å². The summed E-state index contributed by atoms with van der Waals surface area (Å²) in [5, 5.41) is 3.93. The van der Waals surface area contributed by atoms with E-state index in [4.69, 9.17) is 9.97 Å². The highest BCUT2D eigenvalue weighted by Gasteiger charge is 2.23. The molecule has 0 amide bonds. The lowest BCUT2D eigenvalue weighted by atomic mass is 10.3. The van der Waals surface area contributed by atoms with Crippen LogP contribution in [-0.4, -0.2) is 50.3 Å². The first-order valence-electron chi connectivity index (χ1n) is 10.0. The maximum atomic E-state index is 13.3. The van der Waals surface area contributed by atoms with E-state index in [1.807, 2.05) is 28.8 Å². The van der Waals surface area contributed by atoms with Gasteiger partial charge in [0.1, 0.15) is 0 Å². The van der Waals surface area contributed by atoms with Crippen molar-refractivity contribution in [1.82, 2.24) is 29.4 Å². The van der Waals surface area contributed by atoms with Crippen molar-refractivity contribution in [3.8, 4) is 11.8 Å². The van der Waals surface area contributed by atoms with Crippen molar-refractivity contribution in [3.05, 3.63) is 34.6 Å². The molecule has 1 aliphatic heterocycles. The molecule has 1 aliphatic rings. The summed E-state index contributed by atoms with van der Waals surface area (Å²) in [5.74, 6) is 6.76. The average molecular weight is 452 g/mol. The molecule has 0 spiro atoms. The van der Waals surface area contributed by atoms with E-state index in [9.17, 15) is 4.79 Å². The van der Waals surface area contributed by atoms with E-state index in [0.29, 0.717) is 22.9 Å². The second kappa shape index (κ2) is 8.34. The van der Waals surface area contributed by atoms with Gasteiger partial charge in [-0.25, -0.2) is 9.97 Å². The molecular formula is C21H21N7OS2. The minimum atomic E-state index is -0.125. The monoisotopic (exact) mass is 451 g/mol. The molecule has 0 bridgehead atoms. The lowest BCUT2D eigenvalue weighted by Gasteiger charge is -2.28. The first kappa shape index (κ1) is 20.1. The van der Waals surface area contributed by atoms with Crippen molar-refractivity contribution in [2.75, 3.05) is 31.1 Å². The molecule has 0 unspecified atom stereocenters. The summed E-state index contributed by atoms with van der Waals surface area (Å²) in [6, 6.07) is 8.00. The Balaban J connectivity index is 1.61. The lowest BCUT2D eigenvalue weighted by Crippen LogP contribution is -2.44. The van der Waals surface area contributed by atoms with Gasteiger partial charge in [-0.3, -0.25) is 13.9 Å². The molecular weight excluding hydrogens is 430 g/mol. The Morgan fingerprint density at radius 3 is 2.77 bits per heavy atom. The summed E-state index contributed by atoms with van der Waals surface area (Å²) in [6.45, 7) is 5.63. The highest BCUT2D eigenvalue weighted by atomic mass is 32.2. The zero-order valence-corrected chi connectivity index (χ0v) is 18.9. The quantitative estimate of drug-likeness (QED) is 0.377. The predicted molar refractivity (Wildman–Crippen MR) is 125 cm³/mol. The standard InChI is InChI=1S/C21H21N7OS2/c1-3-4-11-28-16-17(24-19(28)27-12-9-22-10-13-27)25-20(26(2)18(16)29)31-21-23-14-7-5-6-8-15(14)30-21/h5-8,22H,9-13H2,1-2H3. The second-order valence-electron chi connectivity index (χ2n) is 7.14. The van der Waals surface area contributed by atoms with Gasteiger partial charge in [0.05, 0.1) is 16.8 Å². The molecule has 5 rings (SSSR count). The summed E-state index contributed by atoms with van der Waals surface area (Å²) >= 11 is 2.99. The van der Waals surface area contributed by atoms with Crippen LogP contribution in [0, 0.1) is 11.8 Å². The molecule has 8 nitrogen and oxygen atoms in total. The number of anilines is 1. The van der Waals surface area contributed by atoms with Gasteiger partial charge in [-0.15, -0.1) is 17.3 Å². The number of nitrogens with one attached hydrogen (secondary N) is 1. The molecule has 0 atom stereocenters. The fraction of sp³-hybridized carbons (Fsp3) is 0.333. The smallest absolute Gasteiger partial charge is 0.280 e. The normalized spacial score (nSPS) is 14.2. The van der Waals surface area contributed by atoms with Gasteiger partial charge in [0.25, 0.3) is 5.56 Å². The third-order valence-corrected chi connectivity index (χ3v) is 7.34. The third-order valence-electron chi connectivity index (χ3n) is 5.19. The number of aromatic nitrogens is 5. The first-order chi connectivity index (χ1) is 15.2. The number of thiazole rings is 1. The molecule has 4 heterocycles. The molecule has 158 valence electrons. The average Bonchev–Trinajstić information content (AvgIpc) is 3.37. The van der Waals surface area contributed by atoms with E-state index in [1.165, 1.54) is 11.8 Å². The Hall–Kier alpha value is -2.87. The highest BCUT2D eigenvalue weighted by Crippen LogP contribution is 2.33. The number of rotatable bonds is 4. The van der Waals surface area contributed by atoms with Gasteiger partial charge in [0, 0.05) is 33.2 Å². The Labute approximate surface area is 187 Å². The summed E-state index contributed by atoms with van der Waals surface area (Å²) in [7, 11) is 1.75. The fourth-order valence-electron chi connectivity index (χ4n) is 3.61. The van der Waals surface area contributed by atoms with Gasteiger partial charge in [-0.2, -0.15) is 4.98 Å². The molecule has 4 aromatic rings. The molecule has 1 fully saturated rings. The molecule has 1 aromatic carbocycles. The lowest BCUT2D eigenvalue weighted by molar-refractivity contribution is 0.573. The van der Waals surface area contributed by atoms with E-state index in [1.54, 1.807) is 29.9 Å². The van der Waals surface area contributed by atoms with Crippen LogP contribution in [0.25, 0.3) is 21.4 Å². The predicted octanol–water partition coefficient (Wildman–Crippen LogP) is 2.32. The van der Waals surface area contributed by atoms with Gasteiger partial charge in [0.15, 0.2) is 20.7 Å². The SMILES string of the molecule is CC#CCn1c(N2CCNCC2)nc2nc(Sc3nc4ccccc4s3)n(C)c(=O)c21. The van der Waals surface area contributed by atoms with Gasteiger partial charge in [-0.05, 0) is 30.8 Å². The molecule has 0 radical (unpaired) electrons. The highest BCUT2D eigenvalue weighted by molar-refractivity contribution is 8.01. The molecule has 31 heavy (non-hydrogen) atoms. The summed E-state index contributed by atoms with van der Waals surface area (Å²) in [4.78, 5) is 29.7. The van der Waals surface area contributed by atoms with Crippen LogP contribution in [0.2, 0.25) is 0 Å². The van der Waals surface area contributed by atoms with Crippen LogP contribution < -0.4 is 15.8 Å². The topological polar surface area (TPSA) is 80.9 Å². The number of hydrogen-bond donors (Lipinski definition) is 1. The Bertz CT molecular complexity index is 1350. The van der Waals surface area contributed by atoms with Crippen molar-refractivity contribution >= 4 is 50.4 Å². The number of nitrogens with zero attached hydrogens (tertiary/aromatic N) is 6. The fourth-order valence-corrected chi connectivity index (χ4v) is 5.62. The Morgan fingerprint density at radius 2 is 2.00 bits per heavy atom. The van der Waals surface area contributed by atoms with Crippen molar-refractivity contribution in [1.29, 1.82) is 0 Å². The van der Waals surface area contributed by atoms with Crippen LogP contribution in [0.15, 0.2) is 38.6 Å². The molecule has 3 aromatic heterocycles. The van der Waals surface area contributed by atoms with Gasteiger partial charge >= 0.3 is 0 Å². The van der Waals surface area contributed by atoms with Crippen LogP contribution in [0.1, 0.15) is 6.92 Å². The zero-order valence-electron chi connectivity index (χ0n) is 17.3. The van der Waals surface area contributed by atoms with Gasteiger partial charge in [-0.1, -0.05) is 18.1 Å². The van der Waals surface area contributed by atoms with Gasteiger partial charge in [0.2, 0.25) is 5.95 Å². The number of para-hydroxylation sites is 1. The third kappa shape index (κ3) is 3.69. The van der Waals surface area contributed by atoms with E-state index in [-0.39, 0.29) is 5.56 Å². The van der Waals surface area contributed by atoms with E-state index >= 15 is 0 Å². The molecule has 1 N–H and O–H groups in total. The summed E-state index contributed by atoms with van der Waals surface area (Å²) < 4.78 is 5.44. The molecule has 0 saturated carbocycles. The van der Waals surface area contributed by atoms with E-state index < -0.39 is 0 Å². The summed E-state index contributed by atoms with van der Waals surface area (Å²) in [5.41, 5.74) is 1.77. The largest absolute Gasteiger partial charge is 0.340 e. The van der Waals surface area contributed by atoms with Crippen molar-refractivity contribution in [2.45, 2.75) is 23.0 Å². The van der Waals surface area contributed by atoms with Crippen LogP contribution >= 0.6 is 23.1 Å². The Morgan fingerprint density at radius 1 is 1.19 bits per heavy atom. The van der Waals surface area contributed by atoms with Crippen LogP contribution in [0.3, 0.4) is 0 Å². The van der Waals surface area contributed by atoms with Crippen molar-refractivity contribution < 1.29 is 0 Å².